The number of methoxy groups -OCH3 is 1. The molecule has 0 aromatic carbocycles. The predicted molar refractivity (Wildman–Crippen MR) is 40.4 cm³/mol. The molecule has 3 nitrogen and oxygen atoms in total. The van der Waals surface area contributed by atoms with Gasteiger partial charge in [0.1, 0.15) is 6.04 Å². The lowest BCUT2D eigenvalue weighted by atomic mass is 9.96. The van der Waals surface area contributed by atoms with Crippen molar-refractivity contribution in [3.63, 3.8) is 0 Å². The number of carbonyl (C=O) groups excluding carboxylic acids is 1. The average Bonchev–Trinajstić information content (AvgIpc) is 2.57. The molecule has 0 spiro atoms. The van der Waals surface area contributed by atoms with Crippen LogP contribution in [0.1, 0.15) is 12.8 Å². The number of hydrogen-bond donors (Lipinski definition) is 1. The van der Waals surface area contributed by atoms with Crippen LogP contribution in [0.2, 0.25) is 0 Å². The third-order valence-corrected chi connectivity index (χ3v) is 2.87. The van der Waals surface area contributed by atoms with Crippen molar-refractivity contribution in [2.24, 2.45) is 5.92 Å². The minimum absolute atomic E-state index is 0.148. The molecule has 0 aromatic rings. The average molecular weight is 191 g/mol. The van der Waals surface area contributed by atoms with Gasteiger partial charge < -0.3 is 10.1 Å². The number of carbonyl (C=O) groups is 1. The number of rotatable bonds is 1. The zero-order valence-electron chi connectivity index (χ0n) is 7.22. The Balaban J connectivity index is 2.14. The molecular weight excluding hydrogens is 180 g/mol. The lowest BCUT2D eigenvalue weighted by Gasteiger charge is -2.28. The molecule has 2 rings (SSSR count). The third kappa shape index (κ3) is 1.22. The first-order chi connectivity index (χ1) is 6.04. The highest BCUT2D eigenvalue weighted by Crippen LogP contribution is 2.47. The van der Waals surface area contributed by atoms with E-state index in [1.807, 2.05) is 0 Å². The van der Waals surface area contributed by atoms with E-state index in [4.69, 9.17) is 0 Å². The van der Waals surface area contributed by atoms with Gasteiger partial charge in [-0.15, -0.1) is 0 Å². The van der Waals surface area contributed by atoms with Crippen molar-refractivity contribution in [3.8, 4) is 0 Å². The number of halogens is 2. The summed E-state index contributed by atoms with van der Waals surface area (Å²) < 4.78 is 30.7. The van der Waals surface area contributed by atoms with Gasteiger partial charge in [-0.05, 0) is 6.42 Å². The zero-order chi connectivity index (χ0) is 9.64. The number of ether oxygens (including phenoxy) is 1. The quantitative estimate of drug-likeness (QED) is 0.615. The molecule has 1 saturated heterocycles. The molecule has 0 radical (unpaired) electrons. The third-order valence-electron chi connectivity index (χ3n) is 2.87. The first-order valence-electron chi connectivity index (χ1n) is 4.26. The lowest BCUT2D eigenvalue weighted by Crippen LogP contribution is -2.50. The number of fused-ring (bicyclic) bond motifs is 2. The summed E-state index contributed by atoms with van der Waals surface area (Å²) in [5, 5.41) is 2.84. The summed E-state index contributed by atoms with van der Waals surface area (Å²) in [6.45, 7) is 0. The van der Waals surface area contributed by atoms with E-state index in [2.05, 4.69) is 10.1 Å². The Morgan fingerprint density at radius 2 is 2.31 bits per heavy atom. The van der Waals surface area contributed by atoms with Gasteiger partial charge in [-0.3, -0.25) is 4.79 Å². The van der Waals surface area contributed by atoms with Gasteiger partial charge in [-0.2, -0.15) is 0 Å². The summed E-state index contributed by atoms with van der Waals surface area (Å²) in [6.07, 6.45) is 0.234. The molecule has 1 aliphatic heterocycles. The van der Waals surface area contributed by atoms with Crippen LogP contribution in [-0.4, -0.2) is 31.1 Å². The number of nitrogens with one attached hydrogen (secondary N) is 1. The first kappa shape index (κ1) is 8.87. The number of esters is 1. The number of piperidine rings is 1. The minimum Gasteiger partial charge on any atom is -0.468 e. The molecule has 5 heteroatoms. The van der Waals surface area contributed by atoms with E-state index in [1.165, 1.54) is 7.11 Å². The van der Waals surface area contributed by atoms with Crippen molar-refractivity contribution < 1.29 is 18.3 Å². The maximum absolute atomic E-state index is 13.1. The fourth-order valence-electron chi connectivity index (χ4n) is 2.28. The van der Waals surface area contributed by atoms with E-state index >= 15 is 0 Å². The normalized spacial score (nSPS) is 40.7. The first-order valence-corrected chi connectivity index (χ1v) is 4.26. The van der Waals surface area contributed by atoms with Crippen LogP contribution in [0, 0.1) is 5.92 Å². The summed E-state index contributed by atoms with van der Waals surface area (Å²) in [6, 6.07) is -1.03. The minimum atomic E-state index is -2.70. The van der Waals surface area contributed by atoms with E-state index in [0.29, 0.717) is 6.42 Å². The summed E-state index contributed by atoms with van der Waals surface area (Å²) in [4.78, 5) is 11.1. The van der Waals surface area contributed by atoms with Crippen molar-refractivity contribution in [3.05, 3.63) is 0 Å². The lowest BCUT2D eigenvalue weighted by molar-refractivity contribution is -0.150. The Labute approximate surface area is 74.4 Å². The van der Waals surface area contributed by atoms with Crippen LogP contribution >= 0.6 is 0 Å². The second-order valence-corrected chi connectivity index (χ2v) is 3.67. The van der Waals surface area contributed by atoms with Gasteiger partial charge in [0.25, 0.3) is 5.92 Å². The molecular formula is C8H11F2NO2. The van der Waals surface area contributed by atoms with Crippen molar-refractivity contribution in [1.82, 2.24) is 5.32 Å². The Morgan fingerprint density at radius 1 is 1.62 bits per heavy atom. The Hall–Kier alpha value is -0.710. The summed E-state index contributed by atoms with van der Waals surface area (Å²) in [5.41, 5.74) is 0. The second-order valence-electron chi connectivity index (χ2n) is 3.67. The van der Waals surface area contributed by atoms with Crippen molar-refractivity contribution in [1.29, 1.82) is 0 Å². The summed E-state index contributed by atoms with van der Waals surface area (Å²) in [7, 11) is 1.22. The van der Waals surface area contributed by atoms with E-state index in [1.54, 1.807) is 0 Å². The SMILES string of the molecule is COC(=O)[C@H]1NC2CC1C(F)(F)C2. The van der Waals surface area contributed by atoms with Crippen LogP contribution in [0.5, 0.6) is 0 Å². The Kier molecular flexibility index (Phi) is 1.80. The molecule has 74 valence electrons. The maximum Gasteiger partial charge on any atom is 0.323 e. The molecule has 2 fully saturated rings. The van der Waals surface area contributed by atoms with Gasteiger partial charge in [0, 0.05) is 12.5 Å². The molecule has 0 aromatic heterocycles. The number of alkyl halides is 2. The summed E-state index contributed by atoms with van der Waals surface area (Å²) in [5.74, 6) is -4.15. The second kappa shape index (κ2) is 2.64. The maximum atomic E-state index is 13.1. The monoisotopic (exact) mass is 191 g/mol. The fourth-order valence-corrected chi connectivity index (χ4v) is 2.28. The van der Waals surface area contributed by atoms with Gasteiger partial charge in [-0.1, -0.05) is 0 Å². The van der Waals surface area contributed by atoms with Crippen LogP contribution in [-0.2, 0) is 9.53 Å². The molecule has 1 heterocycles. The highest BCUT2D eigenvalue weighted by Gasteiger charge is 2.59. The van der Waals surface area contributed by atoms with E-state index < -0.39 is 23.9 Å². The van der Waals surface area contributed by atoms with Crippen LogP contribution in [0.3, 0.4) is 0 Å². The Morgan fingerprint density at radius 3 is 2.77 bits per heavy atom. The molecule has 2 bridgehead atoms. The predicted octanol–water partition coefficient (Wildman–Crippen LogP) is 0.545. The van der Waals surface area contributed by atoms with Gasteiger partial charge in [0.15, 0.2) is 0 Å². The molecule has 1 aliphatic carbocycles. The van der Waals surface area contributed by atoms with Gasteiger partial charge >= 0.3 is 5.97 Å². The molecule has 1 N–H and O–H groups in total. The van der Waals surface area contributed by atoms with Crippen LogP contribution in [0.4, 0.5) is 8.78 Å². The van der Waals surface area contributed by atoms with Gasteiger partial charge in [0.05, 0.1) is 13.0 Å². The smallest absolute Gasteiger partial charge is 0.323 e. The van der Waals surface area contributed by atoms with Crippen LogP contribution < -0.4 is 5.32 Å². The van der Waals surface area contributed by atoms with Gasteiger partial charge in [-0.25, -0.2) is 8.78 Å². The molecule has 0 amide bonds. The van der Waals surface area contributed by atoms with E-state index in [-0.39, 0.29) is 12.5 Å². The molecule has 2 unspecified atom stereocenters. The Bertz CT molecular complexity index is 244. The summed E-state index contributed by atoms with van der Waals surface area (Å²) >= 11 is 0. The standard InChI is InChI=1S/C8H11F2NO2/c1-13-7(12)6-5-2-4(11-6)3-8(5,9)10/h4-6,11H,2-3H2,1H3/t4?,5?,6-/m0/s1. The van der Waals surface area contributed by atoms with Crippen molar-refractivity contribution >= 4 is 5.97 Å². The van der Waals surface area contributed by atoms with E-state index in [0.717, 1.165) is 0 Å². The van der Waals surface area contributed by atoms with Crippen LogP contribution in [0.15, 0.2) is 0 Å². The highest BCUT2D eigenvalue weighted by molar-refractivity contribution is 5.77. The highest BCUT2D eigenvalue weighted by atomic mass is 19.3. The topological polar surface area (TPSA) is 38.3 Å². The number of hydrogen-bond acceptors (Lipinski definition) is 3. The van der Waals surface area contributed by atoms with E-state index in [9.17, 15) is 13.6 Å². The molecule has 2 aliphatic rings. The molecule has 3 atom stereocenters. The molecule has 13 heavy (non-hydrogen) atoms. The van der Waals surface area contributed by atoms with Gasteiger partial charge in [0.2, 0.25) is 0 Å². The van der Waals surface area contributed by atoms with Crippen LogP contribution in [0.25, 0.3) is 0 Å². The van der Waals surface area contributed by atoms with Crippen molar-refractivity contribution in [2.75, 3.05) is 7.11 Å². The molecule has 1 saturated carbocycles. The van der Waals surface area contributed by atoms with Crippen molar-refractivity contribution in [2.45, 2.75) is 30.8 Å². The fraction of sp³-hybridized carbons (Fsp3) is 0.875. The zero-order valence-corrected chi connectivity index (χ0v) is 7.22. The largest absolute Gasteiger partial charge is 0.468 e.